The summed E-state index contributed by atoms with van der Waals surface area (Å²) in [6.07, 6.45) is 0. The van der Waals surface area contributed by atoms with Crippen LogP contribution >= 0.6 is 0 Å². The highest BCUT2D eigenvalue weighted by Crippen LogP contribution is 2.41. The normalized spacial score (nSPS) is 11.8. The highest BCUT2D eigenvalue weighted by Gasteiger charge is 2.15. The van der Waals surface area contributed by atoms with Crippen LogP contribution in [0, 0.1) is 0 Å². The Morgan fingerprint density at radius 1 is 0.562 bits per heavy atom. The highest BCUT2D eigenvalue weighted by molar-refractivity contribution is 6.00. The van der Waals surface area contributed by atoms with Crippen LogP contribution in [0.4, 0.5) is 0 Å². The molecular formula is C16H10. The fourth-order valence-electron chi connectivity index (χ4n) is 2.39. The lowest BCUT2D eigenvalue weighted by atomic mass is 10.0. The van der Waals surface area contributed by atoms with Crippen LogP contribution in [0.5, 0.6) is 0 Å². The predicted octanol–water partition coefficient (Wildman–Crippen LogP) is 4.49. The Bertz CT molecular complexity index is 683. The Morgan fingerprint density at radius 3 is 2.12 bits per heavy atom. The summed E-state index contributed by atoms with van der Waals surface area (Å²) >= 11 is 0. The largest absolute Gasteiger partial charge is 0.0616 e. The molecule has 0 aliphatic heterocycles. The maximum atomic E-state index is 2.27. The summed E-state index contributed by atoms with van der Waals surface area (Å²) in [5, 5.41) is 2.66. The lowest BCUT2D eigenvalue weighted by Crippen LogP contribution is -1.78. The van der Waals surface area contributed by atoms with Gasteiger partial charge >= 0.3 is 0 Å². The fourth-order valence-corrected chi connectivity index (χ4v) is 2.39. The fraction of sp³-hybridized carbons (Fsp3) is 0. The van der Waals surface area contributed by atoms with Gasteiger partial charge in [0.2, 0.25) is 0 Å². The molecule has 0 bridgehead atoms. The number of hydrogen-bond acceptors (Lipinski definition) is 0. The number of rotatable bonds is 1. The molecule has 0 atom stereocenters. The van der Waals surface area contributed by atoms with E-state index in [9.17, 15) is 0 Å². The summed E-state index contributed by atoms with van der Waals surface area (Å²) in [6, 6.07) is 21.8. The smallest absolute Gasteiger partial charge is 0.0105 e. The summed E-state index contributed by atoms with van der Waals surface area (Å²) in [4.78, 5) is 0. The molecule has 0 aromatic heterocycles. The molecule has 0 N–H and O–H groups in total. The first kappa shape index (κ1) is 8.12. The van der Waals surface area contributed by atoms with E-state index in [4.69, 9.17) is 0 Å². The second-order valence-corrected chi connectivity index (χ2v) is 4.33. The standard InChI is InChI=1S/C16H10/c1-2-6-15-11(4-1)5-3-7-16(15)14-9-12-8-13(12)10-14/h1-10H. The van der Waals surface area contributed by atoms with Gasteiger partial charge in [-0.25, -0.2) is 0 Å². The molecule has 4 rings (SSSR count). The third-order valence-electron chi connectivity index (χ3n) is 3.28. The molecule has 2 aliphatic carbocycles. The summed E-state index contributed by atoms with van der Waals surface area (Å²) in [5.74, 6) is 0. The second-order valence-electron chi connectivity index (χ2n) is 4.33. The van der Waals surface area contributed by atoms with E-state index >= 15 is 0 Å². The zero-order chi connectivity index (χ0) is 10.5. The third kappa shape index (κ3) is 1.04. The first-order valence-electron chi connectivity index (χ1n) is 5.55. The van der Waals surface area contributed by atoms with Gasteiger partial charge in [-0.05, 0) is 51.2 Å². The Balaban J connectivity index is 2.06. The molecule has 0 heteroatoms. The van der Waals surface area contributed by atoms with Gasteiger partial charge in [0.15, 0.2) is 0 Å². The van der Waals surface area contributed by atoms with Crippen molar-refractivity contribution in [3.05, 3.63) is 60.7 Å². The zero-order valence-corrected chi connectivity index (χ0v) is 8.77. The average Bonchev–Trinajstić information content (AvgIpc) is 2.96. The van der Waals surface area contributed by atoms with Gasteiger partial charge < -0.3 is 0 Å². The van der Waals surface area contributed by atoms with Gasteiger partial charge in [-0.1, -0.05) is 42.5 Å². The van der Waals surface area contributed by atoms with Crippen LogP contribution in [-0.2, 0) is 0 Å². The van der Waals surface area contributed by atoms with Crippen molar-refractivity contribution in [3.63, 3.8) is 0 Å². The molecule has 0 fully saturated rings. The SMILES string of the molecule is c1ccc2c(-c3cc4cc-4c3)cccc2c1. The maximum absolute atomic E-state index is 2.27. The van der Waals surface area contributed by atoms with Crippen molar-refractivity contribution in [1.82, 2.24) is 0 Å². The van der Waals surface area contributed by atoms with E-state index in [1.54, 1.807) is 0 Å². The van der Waals surface area contributed by atoms with Crippen molar-refractivity contribution in [1.29, 1.82) is 0 Å². The van der Waals surface area contributed by atoms with Gasteiger partial charge in [-0.3, -0.25) is 0 Å². The first-order chi connectivity index (χ1) is 7.92. The van der Waals surface area contributed by atoms with E-state index in [0.717, 1.165) is 0 Å². The van der Waals surface area contributed by atoms with Gasteiger partial charge in [0, 0.05) is 0 Å². The Hall–Kier alpha value is -2.08. The monoisotopic (exact) mass is 202 g/mol. The van der Waals surface area contributed by atoms with E-state index in [-0.39, 0.29) is 0 Å². The van der Waals surface area contributed by atoms with Crippen molar-refractivity contribution in [2.75, 3.05) is 0 Å². The summed E-state index contributed by atoms with van der Waals surface area (Å²) in [6.45, 7) is 0. The van der Waals surface area contributed by atoms with Crippen LogP contribution in [-0.4, -0.2) is 0 Å². The van der Waals surface area contributed by atoms with Gasteiger partial charge in [0.1, 0.15) is 0 Å². The molecule has 0 radical (unpaired) electrons. The molecule has 74 valence electrons. The predicted molar refractivity (Wildman–Crippen MR) is 68.4 cm³/mol. The van der Waals surface area contributed by atoms with Crippen LogP contribution in [0.1, 0.15) is 0 Å². The second kappa shape index (κ2) is 2.73. The van der Waals surface area contributed by atoms with Crippen molar-refractivity contribution in [2.45, 2.75) is 0 Å². The van der Waals surface area contributed by atoms with Crippen LogP contribution in [0.25, 0.3) is 33.0 Å². The van der Waals surface area contributed by atoms with Gasteiger partial charge in [0.25, 0.3) is 0 Å². The molecule has 0 heterocycles. The maximum Gasteiger partial charge on any atom is -0.0105 e. The molecule has 0 saturated heterocycles. The molecule has 0 spiro atoms. The van der Waals surface area contributed by atoms with Crippen molar-refractivity contribution < 1.29 is 0 Å². The molecule has 2 aliphatic rings. The van der Waals surface area contributed by atoms with Crippen molar-refractivity contribution >= 4 is 10.8 Å². The number of hydrogen-bond donors (Lipinski definition) is 0. The van der Waals surface area contributed by atoms with Crippen LogP contribution < -0.4 is 0 Å². The van der Waals surface area contributed by atoms with Gasteiger partial charge in [0.05, 0.1) is 0 Å². The van der Waals surface area contributed by atoms with E-state index < -0.39 is 0 Å². The van der Waals surface area contributed by atoms with Crippen LogP contribution in [0.3, 0.4) is 0 Å². The number of benzene rings is 3. The minimum Gasteiger partial charge on any atom is -0.0616 e. The van der Waals surface area contributed by atoms with Crippen molar-refractivity contribution in [2.24, 2.45) is 0 Å². The van der Waals surface area contributed by atoms with E-state index in [0.29, 0.717) is 0 Å². The molecule has 0 amide bonds. The zero-order valence-electron chi connectivity index (χ0n) is 8.77. The molecule has 2 aromatic carbocycles. The van der Waals surface area contributed by atoms with E-state index in [1.807, 2.05) is 0 Å². The van der Waals surface area contributed by atoms with Crippen LogP contribution in [0.2, 0.25) is 0 Å². The lowest BCUT2D eigenvalue weighted by molar-refractivity contribution is 1.72. The Kier molecular flexibility index (Phi) is 1.39. The van der Waals surface area contributed by atoms with E-state index in [1.165, 1.54) is 33.0 Å². The minimum atomic E-state index is 1.31. The highest BCUT2D eigenvalue weighted by atomic mass is 14.2. The van der Waals surface area contributed by atoms with Crippen LogP contribution in [0.15, 0.2) is 60.7 Å². The first-order valence-corrected chi connectivity index (χ1v) is 5.55. The molecule has 0 nitrogen and oxygen atoms in total. The van der Waals surface area contributed by atoms with Gasteiger partial charge in [-0.2, -0.15) is 0 Å². The summed E-state index contributed by atoms with van der Waals surface area (Å²) in [7, 11) is 0. The minimum absolute atomic E-state index is 1.31. The summed E-state index contributed by atoms with van der Waals surface area (Å²) in [5.41, 5.74) is 5.51. The summed E-state index contributed by atoms with van der Waals surface area (Å²) < 4.78 is 0. The molecule has 0 unspecified atom stereocenters. The number of fused-ring (bicyclic) bond motifs is 2. The topological polar surface area (TPSA) is 0 Å². The molecule has 16 heavy (non-hydrogen) atoms. The van der Waals surface area contributed by atoms with Gasteiger partial charge in [-0.15, -0.1) is 0 Å². The molecule has 0 saturated carbocycles. The lowest BCUT2D eigenvalue weighted by Gasteiger charge is -2.04. The molecule has 2 aromatic rings. The average molecular weight is 202 g/mol. The Morgan fingerprint density at radius 2 is 1.25 bits per heavy atom. The Labute approximate surface area is 94.2 Å². The molecular weight excluding hydrogens is 192 g/mol. The van der Waals surface area contributed by atoms with Crippen molar-refractivity contribution in [3.8, 4) is 22.3 Å². The third-order valence-corrected chi connectivity index (χ3v) is 3.28. The van der Waals surface area contributed by atoms with E-state index in [2.05, 4.69) is 60.7 Å². The quantitative estimate of drug-likeness (QED) is 0.426.